The molecule has 154 valence electrons. The minimum Gasteiger partial charge on any atom is -0.372 e. The molecule has 3 aromatic rings. The number of hydrogen-bond donors (Lipinski definition) is 2. The molecule has 0 radical (unpaired) electrons. The highest BCUT2D eigenvalue weighted by Gasteiger charge is 2.32. The van der Waals surface area contributed by atoms with Crippen molar-refractivity contribution in [1.29, 1.82) is 0 Å². The van der Waals surface area contributed by atoms with E-state index < -0.39 is 34.9 Å². The maximum atomic E-state index is 12.8. The van der Waals surface area contributed by atoms with E-state index in [9.17, 15) is 22.8 Å². The Kier molecular flexibility index (Phi) is 5.17. The number of carbonyl (C=O) groups excluding carboxylic acids is 1. The number of halogens is 3. The number of nitrogens with one attached hydrogen (secondary N) is 2. The summed E-state index contributed by atoms with van der Waals surface area (Å²) in [5.74, 6) is -0.768. The molecule has 2 heterocycles. The van der Waals surface area contributed by atoms with Crippen molar-refractivity contribution in [2.45, 2.75) is 25.4 Å². The van der Waals surface area contributed by atoms with Gasteiger partial charge in [0.1, 0.15) is 11.3 Å². The number of H-pyrrole nitrogens is 1. The van der Waals surface area contributed by atoms with Crippen LogP contribution in [-0.4, -0.2) is 10.9 Å². The Morgan fingerprint density at radius 2 is 1.70 bits per heavy atom. The third kappa shape index (κ3) is 3.99. The normalized spacial score (nSPS) is 14.2. The third-order valence-corrected chi connectivity index (χ3v) is 4.95. The Bertz CT molecular complexity index is 1140. The first-order valence-corrected chi connectivity index (χ1v) is 9.19. The molecule has 0 spiro atoms. The summed E-state index contributed by atoms with van der Waals surface area (Å²) in [6, 6.07) is 15.8. The molecule has 1 aliphatic rings. The summed E-state index contributed by atoms with van der Waals surface area (Å²) in [6.45, 7) is 0.996. The van der Waals surface area contributed by atoms with Gasteiger partial charge in [-0.2, -0.15) is 13.2 Å². The van der Waals surface area contributed by atoms with E-state index in [0.29, 0.717) is 19.3 Å². The summed E-state index contributed by atoms with van der Waals surface area (Å²) in [5, 5.41) is 2.78. The van der Waals surface area contributed by atoms with Crippen molar-refractivity contribution in [3.63, 3.8) is 0 Å². The number of pyridine rings is 1. The van der Waals surface area contributed by atoms with E-state index in [0.717, 1.165) is 28.3 Å². The third-order valence-electron chi connectivity index (χ3n) is 4.95. The van der Waals surface area contributed by atoms with Crippen LogP contribution in [0.1, 0.15) is 44.3 Å². The second-order valence-electron chi connectivity index (χ2n) is 6.95. The number of rotatable bonds is 4. The highest BCUT2D eigenvalue weighted by molar-refractivity contribution is 5.94. The van der Waals surface area contributed by atoms with Crippen molar-refractivity contribution in [3.8, 4) is 0 Å². The van der Waals surface area contributed by atoms with Gasteiger partial charge in [0, 0.05) is 0 Å². The van der Waals surface area contributed by atoms with Gasteiger partial charge in [-0.3, -0.25) is 9.59 Å². The highest BCUT2D eigenvalue weighted by atomic mass is 19.4. The molecule has 0 aliphatic carbocycles. The van der Waals surface area contributed by atoms with E-state index in [4.69, 9.17) is 4.74 Å². The van der Waals surface area contributed by atoms with Crippen molar-refractivity contribution in [2.24, 2.45) is 0 Å². The smallest absolute Gasteiger partial charge is 0.372 e. The van der Waals surface area contributed by atoms with Crippen LogP contribution in [0.15, 0.2) is 65.5 Å². The van der Waals surface area contributed by atoms with Gasteiger partial charge in [-0.1, -0.05) is 48.5 Å². The van der Waals surface area contributed by atoms with Gasteiger partial charge >= 0.3 is 6.18 Å². The molecular weight excluding hydrogens is 397 g/mol. The van der Waals surface area contributed by atoms with Gasteiger partial charge in [-0.15, -0.1) is 0 Å². The molecule has 1 unspecified atom stereocenters. The number of amides is 1. The second-order valence-corrected chi connectivity index (χ2v) is 6.95. The summed E-state index contributed by atoms with van der Waals surface area (Å²) in [6.07, 6.45) is -4.70. The van der Waals surface area contributed by atoms with Crippen LogP contribution in [0.4, 0.5) is 13.2 Å². The van der Waals surface area contributed by atoms with Crippen LogP contribution < -0.4 is 10.9 Å². The number of fused-ring (bicyclic) bond motifs is 1. The Morgan fingerprint density at radius 3 is 2.40 bits per heavy atom. The first kappa shape index (κ1) is 19.9. The van der Waals surface area contributed by atoms with Crippen LogP contribution in [0.3, 0.4) is 0 Å². The molecule has 0 fully saturated rings. The van der Waals surface area contributed by atoms with Crippen LogP contribution >= 0.6 is 0 Å². The van der Waals surface area contributed by atoms with Crippen LogP contribution in [0.25, 0.3) is 0 Å². The Morgan fingerprint density at radius 1 is 0.967 bits per heavy atom. The topological polar surface area (TPSA) is 71.2 Å². The zero-order chi connectivity index (χ0) is 21.3. The zero-order valence-electron chi connectivity index (χ0n) is 15.6. The highest BCUT2D eigenvalue weighted by Crippen LogP contribution is 2.29. The first-order valence-electron chi connectivity index (χ1n) is 9.19. The molecule has 0 saturated carbocycles. The molecule has 4 rings (SSSR count). The summed E-state index contributed by atoms with van der Waals surface area (Å²) in [7, 11) is 0. The lowest BCUT2D eigenvalue weighted by Gasteiger charge is -2.20. The number of benzene rings is 2. The number of ether oxygens (including phenoxy) is 1. The second kappa shape index (κ2) is 7.79. The predicted molar refractivity (Wildman–Crippen MR) is 103 cm³/mol. The summed E-state index contributed by atoms with van der Waals surface area (Å²) in [5.41, 5.74) is 0.925. The standard InChI is InChI=1S/C22H17F3N2O3/c23-22(24,25)18-9-8-17(20(28)26-18)21(29)27-19(13-4-2-1-3-5-13)14-6-7-15-11-30-12-16(15)10-14/h1-10,19H,11-12H2,(H,26,28)(H,27,29). The molecule has 5 nitrogen and oxygen atoms in total. The minimum absolute atomic E-state index is 0.395. The van der Waals surface area contributed by atoms with Gasteiger partial charge in [0.25, 0.3) is 11.5 Å². The molecule has 30 heavy (non-hydrogen) atoms. The van der Waals surface area contributed by atoms with E-state index in [2.05, 4.69) is 5.32 Å². The van der Waals surface area contributed by atoms with Crippen LogP contribution in [0.2, 0.25) is 0 Å². The van der Waals surface area contributed by atoms with Gasteiger partial charge in [0.15, 0.2) is 0 Å². The molecule has 0 saturated heterocycles. The van der Waals surface area contributed by atoms with E-state index >= 15 is 0 Å². The lowest BCUT2D eigenvalue weighted by Crippen LogP contribution is -2.34. The van der Waals surface area contributed by atoms with Gasteiger partial charge in [0.05, 0.1) is 19.3 Å². The van der Waals surface area contributed by atoms with Crippen molar-refractivity contribution in [1.82, 2.24) is 10.3 Å². The van der Waals surface area contributed by atoms with Crippen LogP contribution in [0, 0.1) is 0 Å². The lowest BCUT2D eigenvalue weighted by molar-refractivity contribution is -0.141. The number of aromatic nitrogens is 1. The van der Waals surface area contributed by atoms with E-state index in [1.165, 1.54) is 0 Å². The lowest BCUT2D eigenvalue weighted by atomic mass is 9.95. The number of carbonyl (C=O) groups is 1. The summed E-state index contributed by atoms with van der Waals surface area (Å²) >= 11 is 0. The molecule has 1 aromatic heterocycles. The predicted octanol–water partition coefficient (Wildman–Crippen LogP) is 3.94. The Labute approximate surface area is 169 Å². The van der Waals surface area contributed by atoms with Crippen molar-refractivity contribution in [2.75, 3.05) is 0 Å². The molecule has 1 atom stereocenters. The Hall–Kier alpha value is -3.39. The van der Waals surface area contributed by atoms with E-state index in [1.807, 2.05) is 48.5 Å². The van der Waals surface area contributed by atoms with Crippen molar-refractivity contribution in [3.05, 3.63) is 105 Å². The van der Waals surface area contributed by atoms with Crippen molar-refractivity contribution < 1.29 is 22.7 Å². The monoisotopic (exact) mass is 414 g/mol. The van der Waals surface area contributed by atoms with Crippen LogP contribution in [-0.2, 0) is 24.1 Å². The number of alkyl halides is 3. The molecule has 1 aliphatic heterocycles. The largest absolute Gasteiger partial charge is 0.431 e. The van der Waals surface area contributed by atoms with Crippen molar-refractivity contribution >= 4 is 5.91 Å². The molecule has 0 bridgehead atoms. The van der Waals surface area contributed by atoms with Crippen LogP contribution in [0.5, 0.6) is 0 Å². The van der Waals surface area contributed by atoms with E-state index in [1.54, 1.807) is 4.98 Å². The van der Waals surface area contributed by atoms with Gasteiger partial charge in [-0.05, 0) is 34.4 Å². The first-order chi connectivity index (χ1) is 14.3. The van der Waals surface area contributed by atoms with Gasteiger partial charge in [0.2, 0.25) is 0 Å². The average molecular weight is 414 g/mol. The van der Waals surface area contributed by atoms with Gasteiger partial charge < -0.3 is 15.0 Å². The number of hydrogen-bond acceptors (Lipinski definition) is 3. The summed E-state index contributed by atoms with van der Waals surface area (Å²) in [4.78, 5) is 26.6. The fourth-order valence-electron chi connectivity index (χ4n) is 3.40. The fraction of sp³-hybridized carbons (Fsp3) is 0.182. The number of aromatic amines is 1. The maximum absolute atomic E-state index is 12.8. The quantitative estimate of drug-likeness (QED) is 0.679. The zero-order valence-corrected chi connectivity index (χ0v) is 15.6. The van der Waals surface area contributed by atoms with Gasteiger partial charge in [-0.25, -0.2) is 0 Å². The minimum atomic E-state index is -4.70. The molecule has 8 heteroatoms. The average Bonchev–Trinajstić information content (AvgIpc) is 3.19. The molecule has 1 amide bonds. The van der Waals surface area contributed by atoms with E-state index in [-0.39, 0.29) is 0 Å². The fourth-order valence-corrected chi connectivity index (χ4v) is 3.40. The Balaban J connectivity index is 1.67. The molecule has 2 aromatic carbocycles. The molecular formula is C22H17F3N2O3. The SMILES string of the molecule is O=C(NC(c1ccccc1)c1ccc2c(c1)COC2)c1ccc(C(F)(F)F)[nH]c1=O. The molecule has 2 N–H and O–H groups in total. The summed E-state index contributed by atoms with van der Waals surface area (Å²) < 4.78 is 43.8. The maximum Gasteiger partial charge on any atom is 0.431 e.